The molecule has 0 aliphatic heterocycles. The zero-order chi connectivity index (χ0) is 78.9. The summed E-state index contributed by atoms with van der Waals surface area (Å²) in [6, 6.07) is 0. The predicted octanol–water partition coefficient (Wildman–Crippen LogP) is 27.7. The molecule has 2 unspecified atom stereocenters. The summed E-state index contributed by atoms with van der Waals surface area (Å²) in [4.78, 5) is 73.3. The van der Waals surface area contributed by atoms with Crippen LogP contribution in [0.3, 0.4) is 0 Å². The molecule has 0 spiro atoms. The van der Waals surface area contributed by atoms with Gasteiger partial charge in [-0.2, -0.15) is 0 Å². The maximum atomic E-state index is 13.2. The van der Waals surface area contributed by atoms with Gasteiger partial charge in [0.2, 0.25) is 0 Å². The Kier molecular flexibility index (Phi) is 81.5. The number of aliphatic hydroxyl groups is 1. The fourth-order valence-corrected chi connectivity index (χ4v) is 15.6. The normalized spacial score (nSPS) is 13.7. The zero-order valence-corrected chi connectivity index (χ0v) is 72.6. The molecule has 0 saturated carbocycles. The van der Waals surface area contributed by atoms with Gasteiger partial charge in [-0.05, 0) is 25.7 Å². The molecule has 19 heteroatoms. The topological polar surface area (TPSA) is 237 Å². The van der Waals surface area contributed by atoms with Crippen LogP contribution in [0, 0.1) is 0 Å². The molecule has 642 valence electrons. The molecule has 17 nitrogen and oxygen atoms in total. The molecule has 0 aromatic carbocycles. The van der Waals surface area contributed by atoms with Crippen molar-refractivity contribution in [3.05, 3.63) is 0 Å². The van der Waals surface area contributed by atoms with Gasteiger partial charge < -0.3 is 33.8 Å². The summed E-state index contributed by atoms with van der Waals surface area (Å²) in [7, 11) is -9.93. The van der Waals surface area contributed by atoms with Crippen LogP contribution in [-0.4, -0.2) is 96.7 Å². The summed E-state index contributed by atoms with van der Waals surface area (Å²) < 4.78 is 69.0. The minimum absolute atomic E-state index is 0.109. The van der Waals surface area contributed by atoms with Gasteiger partial charge in [0.05, 0.1) is 26.4 Å². The predicted molar refractivity (Wildman–Crippen MR) is 446 cm³/mol. The number of aliphatic hydroxyl groups excluding tert-OH is 1. The van der Waals surface area contributed by atoms with E-state index in [0.717, 1.165) is 89.9 Å². The van der Waals surface area contributed by atoms with Gasteiger partial charge in [-0.25, -0.2) is 9.13 Å². The van der Waals surface area contributed by atoms with Crippen LogP contribution in [0.4, 0.5) is 0 Å². The van der Waals surface area contributed by atoms with E-state index >= 15 is 0 Å². The lowest BCUT2D eigenvalue weighted by Crippen LogP contribution is -2.30. The quantitative estimate of drug-likeness (QED) is 0.0222. The van der Waals surface area contributed by atoms with E-state index in [1.54, 1.807) is 0 Å². The largest absolute Gasteiger partial charge is 0.472 e. The van der Waals surface area contributed by atoms with Crippen LogP contribution in [-0.2, 0) is 65.4 Å². The summed E-state index contributed by atoms with van der Waals surface area (Å²) >= 11 is 0. The molecule has 0 aliphatic rings. The van der Waals surface area contributed by atoms with Gasteiger partial charge in [-0.15, -0.1) is 0 Å². The molecule has 0 rings (SSSR count). The fourth-order valence-electron chi connectivity index (χ4n) is 14.1. The van der Waals surface area contributed by atoms with Crippen LogP contribution in [0.15, 0.2) is 0 Å². The Morgan fingerprint density at radius 1 is 0.222 bits per heavy atom. The summed E-state index contributed by atoms with van der Waals surface area (Å²) in [6.45, 7) is 5.07. The maximum Gasteiger partial charge on any atom is 0.472 e. The molecule has 0 radical (unpaired) electrons. The summed E-state index contributed by atoms with van der Waals surface area (Å²) in [5.41, 5.74) is 0. The number of ether oxygens (including phenoxy) is 4. The number of phosphoric acid groups is 2. The molecule has 3 N–H and O–H groups in total. The summed E-state index contributed by atoms with van der Waals surface area (Å²) in [6.07, 6.45) is 79.3. The van der Waals surface area contributed by atoms with Crippen molar-refractivity contribution in [1.29, 1.82) is 0 Å². The number of rotatable bonds is 90. The molecule has 108 heavy (non-hydrogen) atoms. The minimum atomic E-state index is -4.97. The fraction of sp³-hybridized carbons (Fsp3) is 0.955. The van der Waals surface area contributed by atoms with E-state index in [1.165, 1.54) is 321 Å². The standard InChI is InChI=1S/C89H174O17P2/c1-5-9-13-17-21-25-29-32-35-38-40-42-44-46-49-51-54-58-62-66-70-74-87(92)100-80-85(106-89(94)76-72-68-64-60-56-53-50-47-45-43-41-39-36-33-30-26-22-18-14-10-6-2)82-104-108(97,98)102-78-83(90)77-101-107(95,96)103-81-84(79-99-86(91)73-69-65-61-57-28-24-20-16-12-8-4)105-88(93)75-71-67-63-59-55-52-48-37-34-31-27-23-19-15-11-7-3/h83-85,90H,5-82H2,1-4H3,(H,95,96)(H,97,98)/t83-,84+,85+/m0/s1. The summed E-state index contributed by atoms with van der Waals surface area (Å²) in [5, 5.41) is 10.7. The van der Waals surface area contributed by atoms with E-state index in [2.05, 4.69) is 27.7 Å². The van der Waals surface area contributed by atoms with E-state index in [9.17, 15) is 43.2 Å². The van der Waals surface area contributed by atoms with Gasteiger partial charge in [0.1, 0.15) is 19.3 Å². The third kappa shape index (κ3) is 82.1. The van der Waals surface area contributed by atoms with Crippen LogP contribution in [0.2, 0.25) is 0 Å². The van der Waals surface area contributed by atoms with Gasteiger partial charge in [0.15, 0.2) is 12.2 Å². The number of carbonyl (C=O) groups excluding carboxylic acids is 4. The lowest BCUT2D eigenvalue weighted by atomic mass is 10.0. The first-order chi connectivity index (χ1) is 52.7. The first-order valence-corrected chi connectivity index (χ1v) is 49.3. The Morgan fingerprint density at radius 2 is 0.370 bits per heavy atom. The van der Waals surface area contributed by atoms with Gasteiger partial charge >= 0.3 is 39.5 Å². The van der Waals surface area contributed by atoms with E-state index in [4.69, 9.17) is 37.0 Å². The number of hydrogen-bond donors (Lipinski definition) is 3. The van der Waals surface area contributed by atoms with E-state index in [1.807, 2.05) is 0 Å². The van der Waals surface area contributed by atoms with Crippen molar-refractivity contribution >= 4 is 39.5 Å². The number of phosphoric ester groups is 2. The van der Waals surface area contributed by atoms with Crippen LogP contribution in [0.25, 0.3) is 0 Å². The van der Waals surface area contributed by atoms with E-state index in [-0.39, 0.29) is 25.7 Å². The molecular weight excluding hydrogens is 1400 g/mol. The van der Waals surface area contributed by atoms with Crippen molar-refractivity contribution in [1.82, 2.24) is 0 Å². The highest BCUT2D eigenvalue weighted by molar-refractivity contribution is 7.47. The Hall–Kier alpha value is -1.94. The highest BCUT2D eigenvalue weighted by Gasteiger charge is 2.30. The van der Waals surface area contributed by atoms with Gasteiger partial charge in [0, 0.05) is 25.7 Å². The van der Waals surface area contributed by atoms with Crippen molar-refractivity contribution < 1.29 is 80.2 Å². The number of carbonyl (C=O) groups is 4. The Morgan fingerprint density at radius 3 is 0.546 bits per heavy atom. The Bertz CT molecular complexity index is 2030. The van der Waals surface area contributed by atoms with Crippen molar-refractivity contribution in [3.63, 3.8) is 0 Å². The average molecular weight is 1580 g/mol. The number of esters is 4. The van der Waals surface area contributed by atoms with Gasteiger partial charge in [0.25, 0.3) is 0 Å². The second-order valence-electron chi connectivity index (χ2n) is 32.0. The Labute approximate surface area is 664 Å². The molecular formula is C89H174O17P2. The molecule has 0 bridgehead atoms. The number of unbranched alkanes of at least 4 members (excludes halogenated alkanes) is 64. The van der Waals surface area contributed by atoms with Crippen molar-refractivity contribution in [2.24, 2.45) is 0 Å². The second-order valence-corrected chi connectivity index (χ2v) is 34.9. The molecule has 0 aromatic heterocycles. The minimum Gasteiger partial charge on any atom is -0.462 e. The first-order valence-electron chi connectivity index (χ1n) is 46.3. The molecule has 0 aromatic rings. The molecule has 5 atom stereocenters. The van der Waals surface area contributed by atoms with Gasteiger partial charge in [-0.3, -0.25) is 37.3 Å². The van der Waals surface area contributed by atoms with Crippen LogP contribution >= 0.6 is 15.6 Å². The van der Waals surface area contributed by atoms with Crippen LogP contribution < -0.4 is 0 Å². The third-order valence-corrected chi connectivity index (χ3v) is 23.0. The highest BCUT2D eigenvalue weighted by atomic mass is 31.2. The zero-order valence-electron chi connectivity index (χ0n) is 70.8. The molecule has 0 amide bonds. The molecule has 0 fully saturated rings. The first kappa shape index (κ1) is 106. The molecule has 0 heterocycles. The lowest BCUT2D eigenvalue weighted by molar-refractivity contribution is -0.161. The van der Waals surface area contributed by atoms with Gasteiger partial charge in [-0.1, -0.05) is 439 Å². The molecule has 0 aliphatic carbocycles. The lowest BCUT2D eigenvalue weighted by Gasteiger charge is -2.21. The smallest absolute Gasteiger partial charge is 0.462 e. The summed E-state index contributed by atoms with van der Waals surface area (Å²) in [5.74, 6) is -2.09. The Balaban J connectivity index is 5.21. The molecule has 0 saturated heterocycles. The van der Waals surface area contributed by atoms with Crippen molar-refractivity contribution in [2.75, 3.05) is 39.6 Å². The maximum absolute atomic E-state index is 13.2. The number of hydrogen-bond acceptors (Lipinski definition) is 15. The average Bonchev–Trinajstić information content (AvgIpc) is 0.911. The monoisotopic (exact) mass is 1580 g/mol. The van der Waals surface area contributed by atoms with Crippen molar-refractivity contribution in [3.8, 4) is 0 Å². The van der Waals surface area contributed by atoms with Crippen LogP contribution in [0.1, 0.15) is 490 Å². The SMILES string of the molecule is CCCCCCCCCCCCCCCCCCCCCCCC(=O)OC[C@H](COP(=O)(O)OC[C@@H](O)COP(=O)(O)OC[C@@H](COC(=O)CCCCCCCCCCCC)OC(=O)CCCCCCCCCCCCCCCCCC)OC(=O)CCCCCCCCCCCCCCCCCCCCCCC. The third-order valence-electron chi connectivity index (χ3n) is 21.1. The second kappa shape index (κ2) is 83.0. The highest BCUT2D eigenvalue weighted by Crippen LogP contribution is 2.45. The van der Waals surface area contributed by atoms with Crippen LogP contribution in [0.5, 0.6) is 0 Å². The van der Waals surface area contributed by atoms with E-state index < -0.39 is 97.5 Å². The van der Waals surface area contributed by atoms with E-state index in [0.29, 0.717) is 25.7 Å². The van der Waals surface area contributed by atoms with Crippen molar-refractivity contribution in [2.45, 2.75) is 508 Å².